The zero-order valence-electron chi connectivity index (χ0n) is 28.4. The van der Waals surface area contributed by atoms with E-state index in [4.69, 9.17) is 15.7 Å². The van der Waals surface area contributed by atoms with Crippen molar-refractivity contribution in [1.82, 2.24) is 9.99 Å². The molecule has 3 aromatic rings. The first-order valence-electron chi connectivity index (χ1n) is 15.6. The third-order valence-corrected chi connectivity index (χ3v) is 5.72. The number of ether oxygens (including phenoxy) is 1. The van der Waals surface area contributed by atoms with E-state index in [0.717, 1.165) is 6.07 Å². The second-order valence-corrected chi connectivity index (χ2v) is 9.53. The van der Waals surface area contributed by atoms with E-state index < -0.39 is 88.7 Å². The number of carbonyl (C=O) groups excluding carboxylic acids is 2. The van der Waals surface area contributed by atoms with E-state index in [1.807, 2.05) is 0 Å². The molecule has 0 unspecified atom stereocenters. The Morgan fingerprint density at radius 3 is 2.56 bits per heavy atom. The molecule has 0 spiro atoms. The summed E-state index contributed by atoms with van der Waals surface area (Å²) in [6, 6.07) is -0.701. The maximum absolute atomic E-state index is 15.3. The molecule has 2 amide bonds. The van der Waals surface area contributed by atoms with E-state index in [2.05, 4.69) is 5.32 Å². The molecule has 0 radical (unpaired) electrons. The van der Waals surface area contributed by atoms with Crippen LogP contribution in [0.5, 0.6) is 0 Å². The van der Waals surface area contributed by atoms with Crippen LogP contribution < -0.4 is 15.9 Å². The lowest BCUT2D eigenvalue weighted by Gasteiger charge is -2.30. The van der Waals surface area contributed by atoms with Gasteiger partial charge in [-0.25, -0.2) is 18.9 Å². The lowest BCUT2D eigenvalue weighted by molar-refractivity contribution is 0.0537. The van der Waals surface area contributed by atoms with E-state index in [-0.39, 0.29) is 23.4 Å². The maximum atomic E-state index is 15.3. The highest BCUT2D eigenvalue weighted by atomic mass is 19.1. The molecule has 1 fully saturated rings. The highest BCUT2D eigenvalue weighted by molar-refractivity contribution is 6.08. The van der Waals surface area contributed by atoms with Gasteiger partial charge in [0.1, 0.15) is 11.4 Å². The number of hydrogen-bond acceptors (Lipinski definition) is 4. The Bertz CT molecular complexity index is 1700. The molecule has 1 saturated carbocycles. The molecule has 8 heteroatoms. The summed E-state index contributed by atoms with van der Waals surface area (Å²) >= 11 is 0. The molecule has 190 valence electrons. The van der Waals surface area contributed by atoms with Crippen LogP contribution >= 0.6 is 0 Å². The third-order valence-electron chi connectivity index (χ3n) is 5.72. The molecule has 36 heavy (non-hydrogen) atoms. The minimum Gasteiger partial charge on any atom is -0.442 e. The van der Waals surface area contributed by atoms with Crippen molar-refractivity contribution < 1.29 is 29.7 Å². The van der Waals surface area contributed by atoms with Crippen molar-refractivity contribution in [2.75, 3.05) is 11.6 Å². The van der Waals surface area contributed by atoms with Gasteiger partial charge in [-0.15, -0.1) is 0 Å². The Morgan fingerprint density at radius 1 is 1.28 bits per heavy atom. The number of carbonyl (C=O) groups is 2. The van der Waals surface area contributed by atoms with Crippen molar-refractivity contribution in [2.45, 2.75) is 59.0 Å². The van der Waals surface area contributed by atoms with Crippen LogP contribution in [0.1, 0.15) is 79.2 Å². The van der Waals surface area contributed by atoms with E-state index >= 15 is 4.39 Å². The molecule has 1 N–H and O–H groups in total. The fourth-order valence-electron chi connectivity index (χ4n) is 4.00. The fraction of sp³-hybridized carbons (Fsp3) is 0.393. The summed E-state index contributed by atoms with van der Waals surface area (Å²) in [5, 5.41) is 2.31. The Labute approximate surface area is 221 Å². The van der Waals surface area contributed by atoms with Crippen LogP contribution in [0.4, 0.5) is 9.18 Å². The molecule has 0 bridgehead atoms. The topological polar surface area (TPSA) is 80.6 Å². The van der Waals surface area contributed by atoms with Gasteiger partial charge in [0.05, 0.1) is 29.5 Å². The number of pyridine rings is 1. The number of amides is 2. The van der Waals surface area contributed by atoms with Crippen molar-refractivity contribution in [3.8, 4) is 0 Å². The lowest BCUT2D eigenvalue weighted by Crippen LogP contribution is -2.50. The van der Waals surface area contributed by atoms with Crippen molar-refractivity contribution in [2.24, 2.45) is 5.92 Å². The predicted octanol–water partition coefficient (Wildman–Crippen LogP) is 5.22. The number of nitrogens with zero attached hydrogens (tertiary/aromatic N) is 2. The molecule has 1 aromatic heterocycles. The minimum atomic E-state index is -3.21. The molecule has 1 aliphatic carbocycles. The van der Waals surface area contributed by atoms with Crippen LogP contribution in [0, 0.1) is 18.6 Å². The van der Waals surface area contributed by atoms with Crippen molar-refractivity contribution >= 4 is 22.8 Å². The molecule has 4 rings (SSSR count). The van der Waals surface area contributed by atoms with Gasteiger partial charge in [0.15, 0.2) is 0 Å². The second kappa shape index (κ2) is 9.76. The largest absolute Gasteiger partial charge is 0.442 e. The quantitative estimate of drug-likeness (QED) is 0.502. The number of fused-ring (bicyclic) bond motifs is 1. The summed E-state index contributed by atoms with van der Waals surface area (Å²) in [5.74, 6) is -2.53. The Morgan fingerprint density at radius 2 is 1.97 bits per heavy atom. The first kappa shape index (κ1) is 16.9. The number of rotatable bonds is 6. The van der Waals surface area contributed by atoms with Crippen LogP contribution in [-0.4, -0.2) is 28.8 Å². The molecule has 1 heterocycles. The molecule has 1 aliphatic rings. The zero-order valence-corrected chi connectivity index (χ0v) is 20.4. The minimum absolute atomic E-state index is 0.185. The normalized spacial score (nSPS) is 17.9. The smallest absolute Gasteiger partial charge is 0.429 e. The number of aromatic nitrogens is 1. The Balaban J connectivity index is 2.03. The summed E-state index contributed by atoms with van der Waals surface area (Å²) in [4.78, 5) is 41.2. The average Bonchev–Trinajstić information content (AvgIpc) is 3.75. The fourth-order valence-corrected chi connectivity index (χ4v) is 4.00. The molecule has 1 atom stereocenters. The standard InChI is InChI=1S/C28H32FN3O4/c1-6-31(27(35)36-28(3,4)5)32-17(2)22(20-13-10-14-21(29)23(20)26(32)34)25(33)30-24(19-15-16-19)18-11-8-7-9-12-18/h7-14,19,24H,6,15-16H2,1-5H3,(H,30,33)/t24-/m1/s1/i2D3,7D,8D,9D,11D,12D. The number of benzene rings is 2. The SMILES string of the molecule is [2H]c1c([2H])c([2H])c([C@@H](NC(=O)c2c(C([2H])([2H])[2H])n(N(CC)C(=O)OC(C)(C)C)c(=O)c3c(F)cccc23)C2CC2)c([2H])c1[2H]. The van der Waals surface area contributed by atoms with Crippen LogP contribution in [-0.2, 0) is 4.74 Å². The van der Waals surface area contributed by atoms with Gasteiger partial charge in [-0.1, -0.05) is 42.3 Å². The Kier molecular flexibility index (Phi) is 4.58. The van der Waals surface area contributed by atoms with Gasteiger partial charge in [-0.05, 0) is 64.9 Å². The monoisotopic (exact) mass is 501 g/mol. The first-order valence-corrected chi connectivity index (χ1v) is 11.6. The second-order valence-electron chi connectivity index (χ2n) is 9.53. The predicted molar refractivity (Wildman–Crippen MR) is 137 cm³/mol. The molecular formula is C28H32FN3O4. The first-order chi connectivity index (χ1) is 20.3. The van der Waals surface area contributed by atoms with Gasteiger partial charge in [0.25, 0.3) is 11.5 Å². The number of hydrogen-bond donors (Lipinski definition) is 1. The van der Waals surface area contributed by atoms with Crippen LogP contribution in [0.2, 0.25) is 0 Å². The average molecular weight is 502 g/mol. The maximum Gasteiger partial charge on any atom is 0.429 e. The van der Waals surface area contributed by atoms with Gasteiger partial charge in [0.2, 0.25) is 0 Å². The summed E-state index contributed by atoms with van der Waals surface area (Å²) in [5.41, 5.74) is -3.98. The van der Waals surface area contributed by atoms with Crippen molar-refractivity contribution in [3.05, 3.63) is 81.4 Å². The van der Waals surface area contributed by atoms with Crippen molar-refractivity contribution in [1.29, 1.82) is 0 Å². The van der Waals surface area contributed by atoms with E-state index in [1.165, 1.54) is 19.1 Å². The third kappa shape index (κ3) is 4.98. The zero-order chi connectivity index (χ0) is 33.0. The number of nitrogens with one attached hydrogen (secondary N) is 1. The van der Waals surface area contributed by atoms with Gasteiger partial charge < -0.3 is 10.1 Å². The highest BCUT2D eigenvalue weighted by Gasteiger charge is 2.35. The van der Waals surface area contributed by atoms with Gasteiger partial charge in [-0.2, -0.15) is 0 Å². The molecule has 2 aromatic carbocycles. The summed E-state index contributed by atoms with van der Waals surface area (Å²) < 4.78 is 87.1. The molecule has 0 aliphatic heterocycles. The van der Waals surface area contributed by atoms with Crippen LogP contribution in [0.25, 0.3) is 10.8 Å². The Hall–Kier alpha value is -3.68. The summed E-state index contributed by atoms with van der Waals surface area (Å²) in [6.45, 7) is 2.60. The van der Waals surface area contributed by atoms with Gasteiger partial charge in [-0.3, -0.25) is 9.59 Å². The van der Waals surface area contributed by atoms with Crippen LogP contribution in [0.15, 0.2) is 53.2 Å². The number of halogens is 1. The van der Waals surface area contributed by atoms with E-state index in [0.29, 0.717) is 22.5 Å². The summed E-state index contributed by atoms with van der Waals surface area (Å²) in [7, 11) is 0. The van der Waals surface area contributed by atoms with Crippen molar-refractivity contribution in [3.63, 3.8) is 0 Å². The molecule has 7 nitrogen and oxygen atoms in total. The highest BCUT2D eigenvalue weighted by Crippen LogP contribution is 2.41. The molecular weight excluding hydrogens is 461 g/mol. The van der Waals surface area contributed by atoms with E-state index in [9.17, 15) is 14.4 Å². The van der Waals surface area contributed by atoms with Gasteiger partial charge in [0, 0.05) is 16.0 Å². The lowest BCUT2D eigenvalue weighted by atomic mass is 9.99. The summed E-state index contributed by atoms with van der Waals surface area (Å²) in [6.07, 6.45) is -0.0446. The van der Waals surface area contributed by atoms with Crippen LogP contribution in [0.3, 0.4) is 0 Å². The van der Waals surface area contributed by atoms with Gasteiger partial charge >= 0.3 is 6.09 Å². The van der Waals surface area contributed by atoms with E-state index in [1.54, 1.807) is 20.8 Å². The molecule has 0 saturated heterocycles.